The Balaban J connectivity index is 2.07. The molecule has 3 nitrogen and oxygen atoms in total. The zero-order chi connectivity index (χ0) is 17.6. The van der Waals surface area contributed by atoms with Gasteiger partial charge in [0.15, 0.2) is 0 Å². The lowest BCUT2D eigenvalue weighted by Gasteiger charge is -2.17. The molecule has 0 fully saturated rings. The van der Waals surface area contributed by atoms with E-state index in [1.165, 1.54) is 24.3 Å². The molecule has 128 valence electrons. The first kappa shape index (κ1) is 17.8. The maximum Gasteiger partial charge on any atom is 0.573 e. The van der Waals surface area contributed by atoms with Crippen LogP contribution in [0.2, 0.25) is 0 Å². The minimum Gasteiger partial charge on any atom is -0.406 e. The lowest BCUT2D eigenvalue weighted by Crippen LogP contribution is -2.21. The second-order valence-corrected chi connectivity index (χ2v) is 5.31. The molecule has 0 aromatic heterocycles. The molecule has 0 bridgehead atoms. The van der Waals surface area contributed by atoms with Crippen LogP contribution in [0.25, 0.3) is 0 Å². The van der Waals surface area contributed by atoms with Crippen molar-refractivity contribution in [2.24, 2.45) is 0 Å². The van der Waals surface area contributed by atoms with Crippen molar-refractivity contribution < 1.29 is 22.7 Å². The smallest absolute Gasteiger partial charge is 0.406 e. The summed E-state index contributed by atoms with van der Waals surface area (Å²) in [7, 11) is 0. The number of rotatable bonds is 6. The standard InChI is InChI=1S/C18H18F3NO2/c1-2-6-16(13-7-4-3-5-8-13)17(23)22-14-9-11-15(12-10-14)24-18(19,20)21/h3-5,7-12,16H,2,6H2,1H3,(H,22,23)/t16-/m1/s1. The predicted octanol–water partition coefficient (Wildman–Crippen LogP) is 5.11. The molecule has 0 aliphatic rings. The van der Waals surface area contributed by atoms with Crippen LogP contribution in [0.3, 0.4) is 0 Å². The number of carbonyl (C=O) groups is 1. The number of halogens is 3. The molecule has 0 aliphatic heterocycles. The monoisotopic (exact) mass is 337 g/mol. The molecule has 0 saturated carbocycles. The van der Waals surface area contributed by atoms with Crippen LogP contribution in [-0.4, -0.2) is 12.3 Å². The summed E-state index contributed by atoms with van der Waals surface area (Å²) in [5.41, 5.74) is 1.33. The van der Waals surface area contributed by atoms with Crippen LogP contribution in [0.5, 0.6) is 5.75 Å². The Bertz CT molecular complexity index is 654. The summed E-state index contributed by atoms with van der Waals surface area (Å²) >= 11 is 0. The van der Waals surface area contributed by atoms with Gasteiger partial charge in [0, 0.05) is 5.69 Å². The molecule has 24 heavy (non-hydrogen) atoms. The van der Waals surface area contributed by atoms with Gasteiger partial charge in [-0.2, -0.15) is 0 Å². The predicted molar refractivity (Wildman–Crippen MR) is 85.8 cm³/mol. The molecular weight excluding hydrogens is 319 g/mol. The van der Waals surface area contributed by atoms with Crippen LogP contribution < -0.4 is 10.1 Å². The number of carbonyl (C=O) groups excluding carboxylic acids is 1. The number of benzene rings is 2. The number of hydrogen-bond donors (Lipinski definition) is 1. The molecule has 0 unspecified atom stereocenters. The minimum atomic E-state index is -4.73. The van der Waals surface area contributed by atoms with Gasteiger partial charge in [-0.1, -0.05) is 43.7 Å². The van der Waals surface area contributed by atoms with Gasteiger partial charge in [-0.15, -0.1) is 13.2 Å². The van der Waals surface area contributed by atoms with Gasteiger partial charge in [0.1, 0.15) is 5.75 Å². The number of hydrogen-bond acceptors (Lipinski definition) is 2. The summed E-state index contributed by atoms with van der Waals surface area (Å²) in [6, 6.07) is 14.5. The van der Waals surface area contributed by atoms with E-state index in [2.05, 4.69) is 10.1 Å². The fraction of sp³-hybridized carbons (Fsp3) is 0.278. The van der Waals surface area contributed by atoms with E-state index in [9.17, 15) is 18.0 Å². The first-order chi connectivity index (χ1) is 11.4. The highest BCUT2D eigenvalue weighted by Gasteiger charge is 2.31. The topological polar surface area (TPSA) is 38.3 Å². The molecule has 0 aliphatic carbocycles. The SMILES string of the molecule is CCC[C@@H](C(=O)Nc1ccc(OC(F)(F)F)cc1)c1ccccc1. The normalized spacial score (nSPS) is 12.5. The Morgan fingerprint density at radius 3 is 2.25 bits per heavy atom. The number of amides is 1. The van der Waals surface area contributed by atoms with Gasteiger partial charge in [-0.25, -0.2) is 0 Å². The summed E-state index contributed by atoms with van der Waals surface area (Å²) in [6.07, 6.45) is -3.21. The van der Waals surface area contributed by atoms with Crippen molar-refractivity contribution >= 4 is 11.6 Å². The molecule has 0 radical (unpaired) electrons. The third-order valence-electron chi connectivity index (χ3n) is 3.45. The molecule has 1 amide bonds. The van der Waals surface area contributed by atoms with Gasteiger partial charge >= 0.3 is 6.36 Å². The highest BCUT2D eigenvalue weighted by molar-refractivity contribution is 5.95. The number of ether oxygens (including phenoxy) is 1. The maximum absolute atomic E-state index is 12.5. The van der Waals surface area contributed by atoms with Crippen LogP contribution in [0.15, 0.2) is 54.6 Å². The van der Waals surface area contributed by atoms with Crippen molar-refractivity contribution in [1.29, 1.82) is 0 Å². The van der Waals surface area contributed by atoms with E-state index in [0.717, 1.165) is 12.0 Å². The summed E-state index contributed by atoms with van der Waals surface area (Å²) in [6.45, 7) is 1.99. The maximum atomic E-state index is 12.5. The third kappa shape index (κ3) is 5.30. The number of anilines is 1. The largest absolute Gasteiger partial charge is 0.573 e. The average Bonchev–Trinajstić information content (AvgIpc) is 2.54. The van der Waals surface area contributed by atoms with Gasteiger partial charge in [-0.3, -0.25) is 4.79 Å². The van der Waals surface area contributed by atoms with Gasteiger partial charge in [0.25, 0.3) is 0 Å². The summed E-state index contributed by atoms with van der Waals surface area (Å²) in [5.74, 6) is -0.816. The van der Waals surface area contributed by atoms with Crippen molar-refractivity contribution in [2.75, 3.05) is 5.32 Å². The van der Waals surface area contributed by atoms with Crippen molar-refractivity contribution in [3.8, 4) is 5.75 Å². The Morgan fingerprint density at radius 2 is 1.71 bits per heavy atom. The number of nitrogens with one attached hydrogen (secondary N) is 1. The first-order valence-electron chi connectivity index (χ1n) is 7.60. The molecule has 0 heterocycles. The Kier molecular flexibility index (Phi) is 5.84. The summed E-state index contributed by atoms with van der Waals surface area (Å²) < 4.78 is 40.2. The van der Waals surface area contributed by atoms with Gasteiger partial charge in [-0.05, 0) is 36.2 Å². The second-order valence-electron chi connectivity index (χ2n) is 5.31. The Morgan fingerprint density at radius 1 is 1.08 bits per heavy atom. The van der Waals surface area contributed by atoms with E-state index in [-0.39, 0.29) is 17.6 Å². The highest BCUT2D eigenvalue weighted by atomic mass is 19.4. The van der Waals surface area contributed by atoms with Crippen molar-refractivity contribution in [3.63, 3.8) is 0 Å². The van der Waals surface area contributed by atoms with Gasteiger partial charge in [0.05, 0.1) is 5.92 Å². The van der Waals surface area contributed by atoms with Crippen LogP contribution in [-0.2, 0) is 4.79 Å². The van der Waals surface area contributed by atoms with Crippen LogP contribution >= 0.6 is 0 Å². The van der Waals surface area contributed by atoms with E-state index in [1.54, 1.807) is 0 Å². The molecule has 1 atom stereocenters. The Hall–Kier alpha value is -2.50. The summed E-state index contributed by atoms with van der Waals surface area (Å²) in [4.78, 5) is 12.5. The lowest BCUT2D eigenvalue weighted by molar-refractivity contribution is -0.274. The molecule has 0 spiro atoms. The summed E-state index contributed by atoms with van der Waals surface area (Å²) in [5, 5.41) is 2.74. The number of alkyl halides is 3. The fourth-order valence-corrected chi connectivity index (χ4v) is 2.39. The van der Waals surface area contributed by atoms with E-state index in [1.807, 2.05) is 37.3 Å². The van der Waals surface area contributed by atoms with E-state index in [0.29, 0.717) is 12.1 Å². The average molecular weight is 337 g/mol. The molecular formula is C18H18F3NO2. The second kappa shape index (κ2) is 7.86. The molecule has 1 N–H and O–H groups in total. The quantitative estimate of drug-likeness (QED) is 0.796. The molecule has 6 heteroatoms. The van der Waals surface area contributed by atoms with E-state index < -0.39 is 6.36 Å². The first-order valence-corrected chi connectivity index (χ1v) is 7.60. The van der Waals surface area contributed by atoms with Crippen LogP contribution in [0.4, 0.5) is 18.9 Å². The van der Waals surface area contributed by atoms with Crippen LogP contribution in [0, 0.1) is 0 Å². The van der Waals surface area contributed by atoms with E-state index >= 15 is 0 Å². The fourth-order valence-electron chi connectivity index (χ4n) is 2.39. The highest BCUT2D eigenvalue weighted by Crippen LogP contribution is 2.26. The molecule has 0 saturated heterocycles. The zero-order valence-corrected chi connectivity index (χ0v) is 13.1. The van der Waals surface area contributed by atoms with Crippen molar-refractivity contribution in [3.05, 3.63) is 60.2 Å². The zero-order valence-electron chi connectivity index (χ0n) is 13.1. The molecule has 2 aromatic carbocycles. The molecule has 2 rings (SSSR count). The minimum absolute atomic E-state index is 0.187. The third-order valence-corrected chi connectivity index (χ3v) is 3.45. The van der Waals surface area contributed by atoms with Crippen molar-refractivity contribution in [1.82, 2.24) is 0 Å². The van der Waals surface area contributed by atoms with Gasteiger partial charge in [0.2, 0.25) is 5.91 Å². The Labute approximate surface area is 138 Å². The molecule has 2 aromatic rings. The van der Waals surface area contributed by atoms with Crippen LogP contribution in [0.1, 0.15) is 31.2 Å². The lowest BCUT2D eigenvalue weighted by atomic mass is 9.93. The van der Waals surface area contributed by atoms with Gasteiger partial charge < -0.3 is 10.1 Å². The van der Waals surface area contributed by atoms with E-state index in [4.69, 9.17) is 0 Å². The van der Waals surface area contributed by atoms with Crippen molar-refractivity contribution in [2.45, 2.75) is 32.0 Å².